The molecule has 1 aliphatic rings. The predicted molar refractivity (Wildman–Crippen MR) is 82.7 cm³/mol. The standard InChI is InChI=1S/C16H14ClNOS/c1-19-15-5-4-13-12(14(15)8-11(17)9-18)3-2-10-6-7-20-16(10)13/h4-7,11H,2-3,8H2,1H3. The van der Waals surface area contributed by atoms with Gasteiger partial charge in [-0.05, 0) is 53.1 Å². The molecule has 0 amide bonds. The second-order valence-electron chi connectivity index (χ2n) is 4.85. The third-order valence-electron chi connectivity index (χ3n) is 3.77. The summed E-state index contributed by atoms with van der Waals surface area (Å²) in [5, 5.41) is 10.6. The van der Waals surface area contributed by atoms with Crippen molar-refractivity contribution in [3.05, 3.63) is 40.3 Å². The minimum absolute atomic E-state index is 0.514. The molecule has 4 heteroatoms. The molecule has 1 unspecified atom stereocenters. The van der Waals surface area contributed by atoms with E-state index in [0.29, 0.717) is 6.42 Å². The largest absolute Gasteiger partial charge is 0.496 e. The van der Waals surface area contributed by atoms with Gasteiger partial charge in [-0.2, -0.15) is 5.26 Å². The Hall–Kier alpha value is -1.50. The highest BCUT2D eigenvalue weighted by atomic mass is 35.5. The maximum absolute atomic E-state index is 8.97. The van der Waals surface area contributed by atoms with Crippen molar-refractivity contribution < 1.29 is 4.74 Å². The summed E-state index contributed by atoms with van der Waals surface area (Å²) in [5.74, 6) is 0.838. The van der Waals surface area contributed by atoms with Gasteiger partial charge in [-0.3, -0.25) is 0 Å². The van der Waals surface area contributed by atoms with Gasteiger partial charge < -0.3 is 4.74 Å². The number of benzene rings is 1. The Morgan fingerprint density at radius 2 is 2.25 bits per heavy atom. The number of aryl methyl sites for hydroxylation is 1. The first-order valence-corrected chi connectivity index (χ1v) is 7.85. The van der Waals surface area contributed by atoms with Gasteiger partial charge in [0.25, 0.3) is 0 Å². The highest BCUT2D eigenvalue weighted by Gasteiger charge is 2.23. The highest BCUT2D eigenvalue weighted by Crippen LogP contribution is 2.41. The van der Waals surface area contributed by atoms with Crippen molar-refractivity contribution in [1.82, 2.24) is 0 Å². The average molecular weight is 304 g/mol. The van der Waals surface area contributed by atoms with Gasteiger partial charge in [-0.1, -0.05) is 0 Å². The van der Waals surface area contributed by atoms with Gasteiger partial charge in [0.05, 0.1) is 13.2 Å². The monoisotopic (exact) mass is 303 g/mol. The number of hydrogen-bond acceptors (Lipinski definition) is 3. The lowest BCUT2D eigenvalue weighted by atomic mass is 9.86. The van der Waals surface area contributed by atoms with Crippen molar-refractivity contribution in [2.45, 2.75) is 24.6 Å². The fraction of sp³-hybridized carbons (Fsp3) is 0.312. The molecule has 2 aromatic rings. The van der Waals surface area contributed by atoms with E-state index in [2.05, 4.69) is 23.6 Å². The van der Waals surface area contributed by atoms with Crippen molar-refractivity contribution in [2.75, 3.05) is 7.11 Å². The summed E-state index contributed by atoms with van der Waals surface area (Å²) in [6.45, 7) is 0. The molecule has 0 aliphatic heterocycles. The number of nitrogens with zero attached hydrogens (tertiary/aromatic N) is 1. The number of fused-ring (bicyclic) bond motifs is 3. The van der Waals surface area contributed by atoms with E-state index in [4.69, 9.17) is 21.6 Å². The molecule has 0 bridgehead atoms. The van der Waals surface area contributed by atoms with Crippen molar-refractivity contribution in [3.8, 4) is 22.3 Å². The number of methoxy groups -OCH3 is 1. The Bertz CT molecular complexity index is 686. The lowest BCUT2D eigenvalue weighted by Crippen LogP contribution is -2.10. The molecule has 1 aromatic carbocycles. The highest BCUT2D eigenvalue weighted by molar-refractivity contribution is 7.13. The summed E-state index contributed by atoms with van der Waals surface area (Å²) in [7, 11) is 1.67. The van der Waals surface area contributed by atoms with E-state index in [9.17, 15) is 0 Å². The van der Waals surface area contributed by atoms with E-state index in [-0.39, 0.29) is 0 Å². The van der Waals surface area contributed by atoms with Crippen LogP contribution in [0.4, 0.5) is 0 Å². The topological polar surface area (TPSA) is 33.0 Å². The average Bonchev–Trinajstić information content (AvgIpc) is 2.95. The van der Waals surface area contributed by atoms with Crippen LogP contribution in [0.5, 0.6) is 5.75 Å². The van der Waals surface area contributed by atoms with Crippen LogP contribution in [0.25, 0.3) is 10.4 Å². The number of thiophene rings is 1. The summed E-state index contributed by atoms with van der Waals surface area (Å²) >= 11 is 7.81. The van der Waals surface area contributed by atoms with Crippen LogP contribution in [-0.2, 0) is 19.3 Å². The zero-order valence-corrected chi connectivity index (χ0v) is 12.7. The Balaban J connectivity index is 2.14. The summed E-state index contributed by atoms with van der Waals surface area (Å²) in [4.78, 5) is 1.35. The lowest BCUT2D eigenvalue weighted by molar-refractivity contribution is 0.409. The summed E-state index contributed by atoms with van der Waals surface area (Å²) in [5.41, 5.74) is 5.07. The molecule has 1 aliphatic carbocycles. The molecule has 1 atom stereocenters. The van der Waals surface area contributed by atoms with Gasteiger partial charge in [-0.25, -0.2) is 0 Å². The van der Waals surface area contributed by atoms with Crippen molar-refractivity contribution in [1.29, 1.82) is 5.26 Å². The first kappa shape index (κ1) is 13.5. The van der Waals surface area contributed by atoms with Crippen molar-refractivity contribution >= 4 is 22.9 Å². The van der Waals surface area contributed by atoms with Gasteiger partial charge >= 0.3 is 0 Å². The van der Waals surface area contributed by atoms with Crippen LogP contribution in [-0.4, -0.2) is 12.5 Å². The molecule has 1 aromatic heterocycles. The molecule has 102 valence electrons. The predicted octanol–water partition coefficient (Wildman–Crippen LogP) is 4.20. The number of rotatable bonds is 3. The Morgan fingerprint density at radius 3 is 3.00 bits per heavy atom. The SMILES string of the molecule is COc1ccc2c(c1CC(Cl)C#N)CCc1ccsc1-2. The van der Waals surface area contributed by atoms with E-state index in [1.807, 2.05) is 6.07 Å². The minimum Gasteiger partial charge on any atom is -0.496 e. The van der Waals surface area contributed by atoms with E-state index in [0.717, 1.165) is 24.2 Å². The molecule has 2 nitrogen and oxygen atoms in total. The molecular weight excluding hydrogens is 290 g/mol. The maximum Gasteiger partial charge on any atom is 0.124 e. The third kappa shape index (κ3) is 2.19. The Morgan fingerprint density at radius 1 is 1.40 bits per heavy atom. The Kier molecular flexibility index (Phi) is 3.69. The molecule has 0 saturated carbocycles. The van der Waals surface area contributed by atoms with E-state index < -0.39 is 5.38 Å². The Labute approximate surface area is 127 Å². The molecule has 1 heterocycles. The number of halogens is 1. The molecule has 20 heavy (non-hydrogen) atoms. The first-order chi connectivity index (χ1) is 9.74. The van der Waals surface area contributed by atoms with Crippen LogP contribution in [0.2, 0.25) is 0 Å². The fourth-order valence-corrected chi connectivity index (χ4v) is 4.00. The van der Waals surface area contributed by atoms with E-state index >= 15 is 0 Å². The molecule has 0 saturated heterocycles. The molecular formula is C16H14ClNOS. The van der Waals surface area contributed by atoms with Gasteiger partial charge in [-0.15, -0.1) is 22.9 Å². The molecule has 0 radical (unpaired) electrons. The zero-order valence-electron chi connectivity index (χ0n) is 11.1. The number of hydrogen-bond donors (Lipinski definition) is 0. The van der Waals surface area contributed by atoms with Crippen molar-refractivity contribution in [2.24, 2.45) is 0 Å². The maximum atomic E-state index is 8.97. The normalized spacial score (nSPS) is 14.1. The van der Waals surface area contributed by atoms with Crippen LogP contribution in [0.3, 0.4) is 0 Å². The van der Waals surface area contributed by atoms with Crippen molar-refractivity contribution in [3.63, 3.8) is 0 Å². The van der Waals surface area contributed by atoms with Gasteiger partial charge in [0, 0.05) is 16.9 Å². The van der Waals surface area contributed by atoms with Gasteiger partial charge in [0.1, 0.15) is 11.1 Å². The van der Waals surface area contributed by atoms with Gasteiger partial charge in [0.2, 0.25) is 0 Å². The number of nitriles is 1. The van der Waals surface area contributed by atoms with Crippen LogP contribution in [0, 0.1) is 11.3 Å². The molecule has 0 fully saturated rings. The molecule has 0 N–H and O–H groups in total. The second kappa shape index (κ2) is 5.47. The van der Waals surface area contributed by atoms with Crippen LogP contribution in [0.1, 0.15) is 16.7 Å². The number of alkyl halides is 1. The molecule has 0 spiro atoms. The van der Waals surface area contributed by atoms with E-state index in [1.165, 1.54) is 21.6 Å². The smallest absolute Gasteiger partial charge is 0.124 e. The van der Waals surface area contributed by atoms with Crippen LogP contribution < -0.4 is 4.74 Å². The summed E-state index contributed by atoms with van der Waals surface area (Å²) in [6.07, 6.45) is 2.57. The minimum atomic E-state index is -0.514. The van der Waals surface area contributed by atoms with Gasteiger partial charge in [0.15, 0.2) is 0 Å². The van der Waals surface area contributed by atoms with E-state index in [1.54, 1.807) is 18.4 Å². The summed E-state index contributed by atoms with van der Waals surface area (Å²) in [6, 6.07) is 8.42. The number of ether oxygens (including phenoxy) is 1. The fourth-order valence-electron chi connectivity index (χ4n) is 2.84. The first-order valence-electron chi connectivity index (χ1n) is 6.53. The van der Waals surface area contributed by atoms with Crippen LogP contribution in [0.15, 0.2) is 23.6 Å². The molecule has 3 rings (SSSR count). The second-order valence-corrected chi connectivity index (χ2v) is 6.29. The quantitative estimate of drug-likeness (QED) is 0.796. The zero-order chi connectivity index (χ0) is 14.1. The third-order valence-corrected chi connectivity index (χ3v) is 5.01. The summed E-state index contributed by atoms with van der Waals surface area (Å²) < 4.78 is 5.46. The lowest BCUT2D eigenvalue weighted by Gasteiger charge is -2.22. The van der Waals surface area contributed by atoms with Crippen LogP contribution >= 0.6 is 22.9 Å².